The topological polar surface area (TPSA) is 27.7 Å². The number of hydrogen-bond donors (Lipinski definition) is 0. The number of hydrogen-bond acceptors (Lipinski definition) is 3. The Morgan fingerprint density at radius 2 is 0.862 bits per heavy atom. The summed E-state index contributed by atoms with van der Waals surface area (Å²) < 4.78 is 16.2. The summed E-state index contributed by atoms with van der Waals surface area (Å²) in [6.07, 6.45) is 2.22. The van der Waals surface area contributed by atoms with Gasteiger partial charge in [0.15, 0.2) is 0 Å². The Hall–Kier alpha value is -2.88. The van der Waals surface area contributed by atoms with Crippen LogP contribution in [0.3, 0.4) is 0 Å². The zero-order valence-electron chi connectivity index (χ0n) is 17.9. The largest absolute Gasteiger partial charge is 0.497 e. The molecular formula is C25H30BO3-. The van der Waals surface area contributed by atoms with E-state index in [1.54, 1.807) is 21.3 Å². The first-order chi connectivity index (χ1) is 14.2. The van der Waals surface area contributed by atoms with Crippen molar-refractivity contribution in [3.05, 3.63) is 72.8 Å². The Balaban J connectivity index is 2.23. The standard InChI is InChI=1S/C25H30BO3/c1-5-6-19-26(20-7-13-23(27-2)14-8-20,21-9-15-24(28-3)16-10-21)22-11-17-25(29-4)18-12-22/h7-18H,5-6,19H2,1-4H3/q-1. The van der Waals surface area contributed by atoms with Crippen molar-refractivity contribution in [1.29, 1.82) is 0 Å². The monoisotopic (exact) mass is 389 g/mol. The van der Waals surface area contributed by atoms with E-state index in [9.17, 15) is 0 Å². The zero-order chi connectivity index (χ0) is 20.7. The highest BCUT2D eigenvalue weighted by Crippen LogP contribution is 2.21. The summed E-state index contributed by atoms with van der Waals surface area (Å²) in [5, 5.41) is 0. The number of ether oxygens (including phenoxy) is 3. The van der Waals surface area contributed by atoms with E-state index >= 15 is 0 Å². The Kier molecular flexibility index (Phi) is 6.87. The number of benzene rings is 3. The molecule has 0 heterocycles. The summed E-state index contributed by atoms with van der Waals surface area (Å²) in [7, 11) is 5.12. The Morgan fingerprint density at radius 3 is 1.10 bits per heavy atom. The highest BCUT2D eigenvalue weighted by molar-refractivity contribution is 7.11. The second-order valence-electron chi connectivity index (χ2n) is 7.51. The SMILES string of the molecule is CCCC[B-](c1ccc(OC)cc1)(c1ccc(OC)cc1)c1ccc(OC)cc1. The number of rotatable bonds is 9. The first-order valence-corrected chi connectivity index (χ1v) is 10.3. The van der Waals surface area contributed by atoms with Crippen LogP contribution in [0.2, 0.25) is 6.32 Å². The summed E-state index contributed by atoms with van der Waals surface area (Å²) in [5.41, 5.74) is 3.94. The van der Waals surface area contributed by atoms with Gasteiger partial charge in [0.05, 0.1) is 27.5 Å². The minimum Gasteiger partial charge on any atom is -0.497 e. The van der Waals surface area contributed by atoms with Gasteiger partial charge in [-0.3, -0.25) is 0 Å². The van der Waals surface area contributed by atoms with Gasteiger partial charge in [0.25, 0.3) is 0 Å². The van der Waals surface area contributed by atoms with E-state index in [1.165, 1.54) is 16.4 Å². The van der Waals surface area contributed by atoms with Crippen LogP contribution in [-0.4, -0.2) is 27.5 Å². The first kappa shape index (κ1) is 20.8. The number of methoxy groups -OCH3 is 3. The molecule has 0 aromatic heterocycles. The summed E-state index contributed by atoms with van der Waals surface area (Å²) in [5.74, 6) is 2.62. The molecule has 0 saturated carbocycles. The van der Waals surface area contributed by atoms with Crippen LogP contribution in [0.4, 0.5) is 0 Å². The highest BCUT2D eigenvalue weighted by atomic mass is 16.5. The van der Waals surface area contributed by atoms with E-state index in [4.69, 9.17) is 14.2 Å². The molecular weight excluding hydrogens is 359 g/mol. The molecule has 0 fully saturated rings. The van der Waals surface area contributed by atoms with E-state index in [2.05, 4.69) is 79.7 Å². The van der Waals surface area contributed by atoms with Gasteiger partial charge in [0, 0.05) is 0 Å². The van der Waals surface area contributed by atoms with Crippen molar-refractivity contribution in [3.8, 4) is 17.2 Å². The Morgan fingerprint density at radius 1 is 0.552 bits per heavy atom. The molecule has 3 aromatic rings. The molecule has 0 N–H and O–H groups in total. The molecule has 3 aromatic carbocycles. The van der Waals surface area contributed by atoms with E-state index in [1.807, 2.05) is 0 Å². The predicted octanol–water partition coefficient (Wildman–Crippen LogP) is 3.98. The normalized spacial score (nSPS) is 11.2. The van der Waals surface area contributed by atoms with E-state index < -0.39 is 6.15 Å². The summed E-state index contributed by atoms with van der Waals surface area (Å²) >= 11 is 0. The van der Waals surface area contributed by atoms with Crippen molar-refractivity contribution >= 4 is 22.5 Å². The molecule has 0 saturated heterocycles. The van der Waals surface area contributed by atoms with Crippen molar-refractivity contribution < 1.29 is 14.2 Å². The average molecular weight is 389 g/mol. The van der Waals surface area contributed by atoms with Crippen molar-refractivity contribution in [2.75, 3.05) is 21.3 Å². The molecule has 0 atom stereocenters. The molecule has 3 rings (SSSR count). The average Bonchev–Trinajstić information content (AvgIpc) is 2.80. The molecule has 0 radical (unpaired) electrons. The lowest BCUT2D eigenvalue weighted by Gasteiger charge is -2.43. The van der Waals surface area contributed by atoms with Crippen molar-refractivity contribution in [2.45, 2.75) is 26.1 Å². The van der Waals surface area contributed by atoms with Gasteiger partial charge >= 0.3 is 0 Å². The molecule has 3 nitrogen and oxygen atoms in total. The lowest BCUT2D eigenvalue weighted by molar-refractivity contribution is 0.415. The van der Waals surface area contributed by atoms with Crippen molar-refractivity contribution in [3.63, 3.8) is 0 Å². The fourth-order valence-electron chi connectivity index (χ4n) is 4.38. The molecule has 29 heavy (non-hydrogen) atoms. The van der Waals surface area contributed by atoms with Gasteiger partial charge in [-0.15, -0.1) is 0 Å². The molecule has 4 heteroatoms. The molecule has 0 bridgehead atoms. The van der Waals surface area contributed by atoms with Crippen LogP contribution in [0.1, 0.15) is 19.8 Å². The van der Waals surface area contributed by atoms with Crippen LogP contribution in [-0.2, 0) is 0 Å². The third-order valence-corrected chi connectivity index (χ3v) is 6.05. The molecule has 152 valence electrons. The summed E-state index contributed by atoms with van der Waals surface area (Å²) in [6, 6.07) is 25.6. The predicted molar refractivity (Wildman–Crippen MR) is 123 cm³/mol. The van der Waals surface area contributed by atoms with Crippen molar-refractivity contribution in [1.82, 2.24) is 0 Å². The lowest BCUT2D eigenvalue weighted by atomic mass is 9.14. The third kappa shape index (κ3) is 4.27. The van der Waals surface area contributed by atoms with Gasteiger partial charge in [-0.1, -0.05) is 56.2 Å². The third-order valence-electron chi connectivity index (χ3n) is 6.05. The van der Waals surface area contributed by atoms with E-state index in [0.717, 1.165) is 36.4 Å². The second-order valence-corrected chi connectivity index (χ2v) is 7.51. The fraction of sp³-hybridized carbons (Fsp3) is 0.280. The molecule has 0 unspecified atom stereocenters. The molecule has 0 aliphatic rings. The van der Waals surface area contributed by atoms with Crippen LogP contribution >= 0.6 is 0 Å². The van der Waals surface area contributed by atoms with E-state index in [-0.39, 0.29) is 0 Å². The smallest absolute Gasteiger partial charge is 0.118 e. The minimum atomic E-state index is -1.14. The van der Waals surface area contributed by atoms with Gasteiger partial charge < -0.3 is 14.2 Å². The minimum absolute atomic E-state index is 0.874. The van der Waals surface area contributed by atoms with Gasteiger partial charge in [-0.2, -0.15) is 22.7 Å². The maximum atomic E-state index is 5.41. The zero-order valence-corrected chi connectivity index (χ0v) is 17.9. The van der Waals surface area contributed by atoms with Crippen LogP contribution < -0.4 is 30.6 Å². The number of unbranched alkanes of at least 4 members (excludes halogenated alkanes) is 1. The Bertz CT molecular complexity index is 771. The van der Waals surface area contributed by atoms with E-state index in [0.29, 0.717) is 0 Å². The van der Waals surface area contributed by atoms with Gasteiger partial charge in [0.2, 0.25) is 0 Å². The maximum absolute atomic E-state index is 5.41. The van der Waals surface area contributed by atoms with Crippen molar-refractivity contribution in [2.24, 2.45) is 0 Å². The van der Waals surface area contributed by atoms with Gasteiger partial charge in [0.1, 0.15) is 17.2 Å². The highest BCUT2D eigenvalue weighted by Gasteiger charge is 2.29. The summed E-state index contributed by atoms with van der Waals surface area (Å²) in [6.45, 7) is 2.25. The first-order valence-electron chi connectivity index (χ1n) is 10.3. The van der Waals surface area contributed by atoms with Gasteiger partial charge in [-0.25, -0.2) is 0 Å². The Labute approximate surface area is 174 Å². The molecule has 0 aliphatic carbocycles. The maximum Gasteiger partial charge on any atom is 0.118 e. The van der Waals surface area contributed by atoms with Crippen LogP contribution in [0, 0.1) is 0 Å². The molecule has 0 aliphatic heterocycles. The fourth-order valence-corrected chi connectivity index (χ4v) is 4.38. The summed E-state index contributed by atoms with van der Waals surface area (Å²) in [4.78, 5) is 0. The molecule has 0 amide bonds. The quantitative estimate of drug-likeness (QED) is 0.518. The lowest BCUT2D eigenvalue weighted by Crippen LogP contribution is -2.66. The van der Waals surface area contributed by atoms with Crippen LogP contribution in [0.5, 0.6) is 17.2 Å². The molecule has 0 spiro atoms. The van der Waals surface area contributed by atoms with Gasteiger partial charge in [-0.05, 0) is 36.4 Å². The van der Waals surface area contributed by atoms with Crippen LogP contribution in [0.25, 0.3) is 0 Å². The second kappa shape index (κ2) is 9.55. The van der Waals surface area contributed by atoms with Crippen LogP contribution in [0.15, 0.2) is 72.8 Å².